The number of benzene rings is 9. The molecule has 0 N–H and O–H groups in total. The molecule has 0 unspecified atom stereocenters. The molecule has 3 heteroatoms. The quantitative estimate of drug-likeness (QED) is 0.176. The number of para-hydroxylation sites is 4. The van der Waals surface area contributed by atoms with Crippen LogP contribution in [-0.2, 0) is 5.41 Å². The Bertz CT molecular complexity index is 3170. The van der Waals surface area contributed by atoms with Gasteiger partial charge in [0.25, 0.3) is 0 Å². The van der Waals surface area contributed by atoms with E-state index in [1.165, 1.54) is 38.9 Å². The maximum atomic E-state index is 6.59. The van der Waals surface area contributed by atoms with Crippen molar-refractivity contribution in [3.63, 3.8) is 0 Å². The number of rotatable bonds is 5. The van der Waals surface area contributed by atoms with Gasteiger partial charge in [0.15, 0.2) is 0 Å². The van der Waals surface area contributed by atoms with E-state index in [0.717, 1.165) is 67.2 Å². The second kappa shape index (κ2) is 12.7. The Kier molecular flexibility index (Phi) is 7.14. The predicted molar refractivity (Wildman–Crippen MR) is 237 cm³/mol. The summed E-state index contributed by atoms with van der Waals surface area (Å²) in [7, 11) is 0. The Labute approximate surface area is 336 Å². The smallest absolute Gasteiger partial charge is 0.136 e. The van der Waals surface area contributed by atoms with Gasteiger partial charge in [-0.1, -0.05) is 152 Å². The van der Waals surface area contributed by atoms with Crippen LogP contribution in [0.3, 0.4) is 0 Å². The van der Waals surface area contributed by atoms with Gasteiger partial charge >= 0.3 is 0 Å². The van der Waals surface area contributed by atoms with E-state index in [2.05, 4.69) is 205 Å². The van der Waals surface area contributed by atoms with Crippen LogP contribution in [0.25, 0.3) is 55.3 Å². The van der Waals surface area contributed by atoms with Crippen LogP contribution < -0.4 is 9.64 Å². The van der Waals surface area contributed by atoms with Gasteiger partial charge in [-0.25, -0.2) is 0 Å². The molecule has 0 atom stereocenters. The first-order chi connectivity index (χ1) is 28.8. The number of ether oxygens (including phenoxy) is 1. The van der Waals surface area contributed by atoms with Crippen molar-refractivity contribution >= 4 is 39.0 Å². The number of fused-ring (bicyclic) bond motifs is 12. The Morgan fingerprint density at radius 2 is 0.931 bits per heavy atom. The molecule has 9 aromatic carbocycles. The summed E-state index contributed by atoms with van der Waals surface area (Å²) in [6, 6.07) is 76.1. The van der Waals surface area contributed by atoms with Crippen molar-refractivity contribution in [3.05, 3.63) is 235 Å². The van der Waals surface area contributed by atoms with Crippen LogP contribution in [-0.4, -0.2) is 0 Å². The van der Waals surface area contributed by atoms with Gasteiger partial charge in [-0.15, -0.1) is 0 Å². The van der Waals surface area contributed by atoms with E-state index in [1.54, 1.807) is 0 Å². The highest BCUT2D eigenvalue weighted by Gasteiger charge is 2.51. The van der Waals surface area contributed by atoms with E-state index in [9.17, 15) is 0 Å². The van der Waals surface area contributed by atoms with Gasteiger partial charge < -0.3 is 14.1 Å². The summed E-state index contributed by atoms with van der Waals surface area (Å²) in [5.74, 6) is 1.80. The minimum atomic E-state index is -0.518. The average Bonchev–Trinajstić information content (AvgIpc) is 3.82. The van der Waals surface area contributed by atoms with Crippen molar-refractivity contribution in [1.29, 1.82) is 0 Å². The van der Waals surface area contributed by atoms with E-state index in [-0.39, 0.29) is 0 Å². The normalized spacial score (nSPS) is 13.1. The maximum Gasteiger partial charge on any atom is 0.136 e. The molecule has 1 aliphatic carbocycles. The molecular formula is C55H35NO2. The van der Waals surface area contributed by atoms with Crippen molar-refractivity contribution in [2.45, 2.75) is 5.41 Å². The molecule has 0 fully saturated rings. The first-order valence-corrected chi connectivity index (χ1v) is 19.8. The highest BCUT2D eigenvalue weighted by Crippen LogP contribution is 2.63. The van der Waals surface area contributed by atoms with Gasteiger partial charge in [-0.2, -0.15) is 0 Å². The summed E-state index contributed by atoms with van der Waals surface area (Å²) in [5.41, 5.74) is 16.6. The van der Waals surface area contributed by atoms with Crippen LogP contribution in [0.1, 0.15) is 22.3 Å². The zero-order chi connectivity index (χ0) is 38.2. The van der Waals surface area contributed by atoms with Gasteiger partial charge in [0.1, 0.15) is 22.7 Å². The second-order valence-electron chi connectivity index (χ2n) is 15.2. The molecule has 0 radical (unpaired) electrons. The zero-order valence-electron chi connectivity index (χ0n) is 31.5. The molecule has 1 aliphatic heterocycles. The highest BCUT2D eigenvalue weighted by atomic mass is 16.5. The van der Waals surface area contributed by atoms with Crippen LogP contribution in [0.4, 0.5) is 17.1 Å². The van der Waals surface area contributed by atoms with E-state index in [4.69, 9.17) is 9.15 Å². The number of hydrogen-bond donors (Lipinski definition) is 0. The minimum absolute atomic E-state index is 0.518. The van der Waals surface area contributed by atoms with Crippen molar-refractivity contribution in [2.75, 3.05) is 4.90 Å². The summed E-state index contributed by atoms with van der Waals surface area (Å²) < 4.78 is 12.8. The van der Waals surface area contributed by atoms with E-state index in [1.807, 2.05) is 12.1 Å². The first-order valence-electron chi connectivity index (χ1n) is 19.8. The monoisotopic (exact) mass is 741 g/mol. The molecule has 1 aromatic heterocycles. The number of hydrogen-bond acceptors (Lipinski definition) is 3. The van der Waals surface area contributed by atoms with Gasteiger partial charge in [-0.3, -0.25) is 0 Å². The molecule has 0 saturated heterocycles. The fraction of sp³-hybridized carbons (Fsp3) is 0.0182. The molecule has 0 bridgehead atoms. The third kappa shape index (κ3) is 4.68. The molecule has 0 saturated carbocycles. The van der Waals surface area contributed by atoms with E-state index < -0.39 is 5.41 Å². The van der Waals surface area contributed by atoms with Crippen LogP contribution in [0.15, 0.2) is 217 Å². The zero-order valence-corrected chi connectivity index (χ0v) is 31.5. The lowest BCUT2D eigenvalue weighted by Crippen LogP contribution is -2.32. The largest absolute Gasteiger partial charge is 0.457 e. The molecule has 10 aromatic rings. The summed E-state index contributed by atoms with van der Waals surface area (Å²) in [6.45, 7) is 0. The average molecular weight is 742 g/mol. The van der Waals surface area contributed by atoms with Crippen molar-refractivity contribution in [2.24, 2.45) is 0 Å². The lowest BCUT2D eigenvalue weighted by Gasteiger charge is -2.39. The van der Waals surface area contributed by atoms with E-state index in [0.29, 0.717) is 0 Å². The fourth-order valence-corrected chi connectivity index (χ4v) is 9.79. The number of furan rings is 1. The first kappa shape index (κ1) is 32.6. The fourth-order valence-electron chi connectivity index (χ4n) is 9.79. The molecule has 2 aliphatic rings. The highest BCUT2D eigenvalue weighted by molar-refractivity contribution is 6.12. The molecule has 58 heavy (non-hydrogen) atoms. The van der Waals surface area contributed by atoms with Gasteiger partial charge in [-0.05, 0) is 105 Å². The summed E-state index contributed by atoms with van der Waals surface area (Å²) in [6.07, 6.45) is 0. The van der Waals surface area contributed by atoms with E-state index >= 15 is 0 Å². The van der Waals surface area contributed by atoms with Crippen molar-refractivity contribution in [1.82, 2.24) is 0 Å². The molecule has 2 heterocycles. The summed E-state index contributed by atoms with van der Waals surface area (Å²) in [5, 5.41) is 2.27. The Balaban J connectivity index is 1.01. The molecule has 0 amide bonds. The third-order valence-corrected chi connectivity index (χ3v) is 12.1. The SMILES string of the molecule is c1ccc(N(c2ccc(-c3cccc4oc5ccccc5c34)cc2)c2cccc(-c3cccc4c3-c3ccccc3C43c4ccccc4Oc4ccccc43)c2)cc1. The van der Waals surface area contributed by atoms with Crippen molar-refractivity contribution < 1.29 is 9.15 Å². The predicted octanol–water partition coefficient (Wildman–Crippen LogP) is 14.9. The minimum Gasteiger partial charge on any atom is -0.457 e. The number of anilines is 3. The standard InChI is InChI=1S/C55H35NO2/c1-2-16-38(17-3-1)56(39-33-31-36(32-34-39)41-22-14-30-52-54(41)44-20-5-9-27-49(44)57-52)40-18-12-15-37(35-40)42-21-13-26-48-53(42)43-19-4-6-23-45(43)55(48)46-24-7-10-28-50(46)58-51-29-11-8-25-47(51)55/h1-35H. The van der Waals surface area contributed by atoms with Crippen LogP contribution in [0, 0.1) is 0 Å². The van der Waals surface area contributed by atoms with Crippen LogP contribution in [0.5, 0.6) is 11.5 Å². The Morgan fingerprint density at radius 3 is 1.74 bits per heavy atom. The second-order valence-corrected chi connectivity index (χ2v) is 15.2. The van der Waals surface area contributed by atoms with Gasteiger partial charge in [0.2, 0.25) is 0 Å². The summed E-state index contributed by atoms with van der Waals surface area (Å²) >= 11 is 0. The molecule has 3 nitrogen and oxygen atoms in total. The van der Waals surface area contributed by atoms with Crippen LogP contribution in [0.2, 0.25) is 0 Å². The molecule has 1 spiro atoms. The van der Waals surface area contributed by atoms with Gasteiger partial charge in [0.05, 0.1) is 5.41 Å². The Morgan fingerprint density at radius 1 is 0.362 bits per heavy atom. The van der Waals surface area contributed by atoms with Gasteiger partial charge in [0, 0.05) is 39.0 Å². The van der Waals surface area contributed by atoms with Crippen LogP contribution >= 0.6 is 0 Å². The lowest BCUT2D eigenvalue weighted by molar-refractivity contribution is 0.436. The van der Waals surface area contributed by atoms with Crippen molar-refractivity contribution in [3.8, 4) is 44.9 Å². The molecule has 12 rings (SSSR count). The maximum absolute atomic E-state index is 6.59. The lowest BCUT2D eigenvalue weighted by atomic mass is 9.66. The molecular weight excluding hydrogens is 707 g/mol. The molecule has 272 valence electrons. The Hall–Kier alpha value is -7.62. The summed E-state index contributed by atoms with van der Waals surface area (Å²) in [4.78, 5) is 2.35. The third-order valence-electron chi connectivity index (χ3n) is 12.1. The number of nitrogens with zero attached hydrogens (tertiary/aromatic N) is 1. The topological polar surface area (TPSA) is 25.6 Å².